The zero-order chi connectivity index (χ0) is 23.1. The van der Waals surface area contributed by atoms with Gasteiger partial charge in [-0.25, -0.2) is 4.39 Å². The van der Waals surface area contributed by atoms with Crippen LogP contribution in [0, 0.1) is 12.7 Å². The summed E-state index contributed by atoms with van der Waals surface area (Å²) in [7, 11) is 1.55. The number of rotatable bonds is 8. The van der Waals surface area contributed by atoms with E-state index in [4.69, 9.17) is 11.6 Å². The van der Waals surface area contributed by atoms with Crippen molar-refractivity contribution in [3.63, 3.8) is 0 Å². The van der Waals surface area contributed by atoms with E-state index in [9.17, 15) is 14.0 Å². The molecule has 0 unspecified atom stereocenters. The van der Waals surface area contributed by atoms with Gasteiger partial charge in [0, 0.05) is 30.6 Å². The molecule has 0 saturated carbocycles. The van der Waals surface area contributed by atoms with Crippen LogP contribution in [0.4, 0.5) is 4.39 Å². The maximum atomic E-state index is 14.4. The van der Waals surface area contributed by atoms with E-state index in [1.807, 2.05) is 61.5 Å². The molecule has 0 spiro atoms. The van der Waals surface area contributed by atoms with Crippen LogP contribution >= 0.6 is 11.6 Å². The summed E-state index contributed by atoms with van der Waals surface area (Å²) in [6.45, 7) is 2.18. The molecule has 32 heavy (non-hydrogen) atoms. The third kappa shape index (κ3) is 5.74. The smallest absolute Gasteiger partial charge is 0.242 e. The van der Waals surface area contributed by atoms with Crippen molar-refractivity contribution in [3.05, 3.63) is 106 Å². The molecule has 0 aromatic heterocycles. The second kappa shape index (κ2) is 10.9. The van der Waals surface area contributed by atoms with E-state index in [2.05, 4.69) is 5.32 Å². The molecule has 6 heteroatoms. The monoisotopic (exact) mass is 452 g/mol. The lowest BCUT2D eigenvalue weighted by atomic mass is 10.0. The van der Waals surface area contributed by atoms with Gasteiger partial charge in [-0.2, -0.15) is 0 Å². The highest BCUT2D eigenvalue weighted by atomic mass is 35.5. The van der Waals surface area contributed by atoms with E-state index in [1.165, 1.54) is 17.0 Å². The van der Waals surface area contributed by atoms with Crippen LogP contribution in [-0.4, -0.2) is 29.8 Å². The Labute approximate surface area is 193 Å². The summed E-state index contributed by atoms with van der Waals surface area (Å²) in [6.07, 6.45) is 0.100. The lowest BCUT2D eigenvalue weighted by Gasteiger charge is -2.32. The lowest BCUT2D eigenvalue weighted by Crippen LogP contribution is -2.50. The minimum atomic E-state index is -0.764. The maximum absolute atomic E-state index is 14.4. The number of hydrogen-bond acceptors (Lipinski definition) is 2. The van der Waals surface area contributed by atoms with Gasteiger partial charge in [-0.15, -0.1) is 0 Å². The van der Waals surface area contributed by atoms with Crippen molar-refractivity contribution in [2.24, 2.45) is 0 Å². The minimum Gasteiger partial charge on any atom is -0.357 e. The largest absolute Gasteiger partial charge is 0.357 e. The van der Waals surface area contributed by atoms with Gasteiger partial charge in [0.15, 0.2) is 0 Å². The summed E-state index contributed by atoms with van der Waals surface area (Å²) in [5.41, 5.74) is 2.98. The van der Waals surface area contributed by atoms with E-state index in [1.54, 1.807) is 13.1 Å². The number of aryl methyl sites for hydroxylation is 1. The molecule has 4 nitrogen and oxygen atoms in total. The Hall–Kier alpha value is -3.18. The Morgan fingerprint density at radius 1 is 1.00 bits per heavy atom. The number of nitrogens with one attached hydrogen (secondary N) is 1. The first-order valence-corrected chi connectivity index (χ1v) is 10.8. The van der Waals surface area contributed by atoms with Gasteiger partial charge < -0.3 is 10.2 Å². The predicted molar refractivity (Wildman–Crippen MR) is 125 cm³/mol. The molecule has 1 atom stereocenters. The average molecular weight is 453 g/mol. The van der Waals surface area contributed by atoms with Crippen LogP contribution in [0.15, 0.2) is 72.8 Å². The first-order chi connectivity index (χ1) is 15.4. The van der Waals surface area contributed by atoms with Gasteiger partial charge in [0.2, 0.25) is 11.8 Å². The summed E-state index contributed by atoms with van der Waals surface area (Å²) in [4.78, 5) is 27.9. The summed E-state index contributed by atoms with van der Waals surface area (Å²) in [5.74, 6) is -1.19. The Morgan fingerprint density at radius 3 is 2.34 bits per heavy atom. The van der Waals surface area contributed by atoms with Gasteiger partial charge in [-0.1, -0.05) is 72.3 Å². The van der Waals surface area contributed by atoms with Gasteiger partial charge >= 0.3 is 0 Å². The average Bonchev–Trinajstić information content (AvgIpc) is 2.80. The zero-order valence-corrected chi connectivity index (χ0v) is 18.9. The fourth-order valence-electron chi connectivity index (χ4n) is 3.65. The van der Waals surface area contributed by atoms with Crippen LogP contribution in [-0.2, 0) is 29.0 Å². The van der Waals surface area contributed by atoms with Crippen molar-refractivity contribution in [3.8, 4) is 0 Å². The summed E-state index contributed by atoms with van der Waals surface area (Å²) >= 11 is 6.17. The highest BCUT2D eigenvalue weighted by Crippen LogP contribution is 2.23. The maximum Gasteiger partial charge on any atom is 0.242 e. The normalized spacial score (nSPS) is 11.6. The molecule has 0 bridgehead atoms. The van der Waals surface area contributed by atoms with Crippen molar-refractivity contribution in [2.45, 2.75) is 32.4 Å². The molecule has 0 saturated heterocycles. The summed E-state index contributed by atoms with van der Waals surface area (Å²) in [5, 5.41) is 2.86. The quantitative estimate of drug-likeness (QED) is 0.537. The molecule has 0 aliphatic heterocycles. The fraction of sp³-hybridized carbons (Fsp3) is 0.231. The number of carbonyl (C=O) groups excluding carboxylic acids is 2. The highest BCUT2D eigenvalue weighted by Gasteiger charge is 2.30. The molecule has 0 aliphatic carbocycles. The Kier molecular flexibility index (Phi) is 8.01. The van der Waals surface area contributed by atoms with Gasteiger partial charge in [0.1, 0.15) is 11.9 Å². The molecule has 1 N–H and O–H groups in total. The number of amides is 2. The Bertz CT molecular complexity index is 1070. The SMILES string of the molecule is CNC(=O)[C@@H](Cc1ccccc1)N(Cc1ccccc1C)C(=O)Cc1c(F)cccc1Cl. The molecular formula is C26H26ClFN2O2. The number of nitrogens with zero attached hydrogens (tertiary/aromatic N) is 1. The third-order valence-electron chi connectivity index (χ3n) is 5.51. The standard InChI is InChI=1S/C26H26ClFN2O2/c1-18-9-6-7-12-20(18)17-30(25(31)16-21-22(27)13-8-14-23(21)28)24(26(32)29-2)15-19-10-4-3-5-11-19/h3-14,24H,15-17H2,1-2H3,(H,29,32)/t24-/m1/s1. The van der Waals surface area contributed by atoms with E-state index in [0.29, 0.717) is 6.42 Å². The molecule has 2 amide bonds. The van der Waals surface area contributed by atoms with Crippen LogP contribution in [0.3, 0.4) is 0 Å². The molecule has 0 fully saturated rings. The fourth-order valence-corrected chi connectivity index (χ4v) is 3.88. The van der Waals surface area contributed by atoms with Crippen LogP contribution in [0.2, 0.25) is 5.02 Å². The van der Waals surface area contributed by atoms with Crippen molar-refractivity contribution in [1.29, 1.82) is 0 Å². The molecule has 0 heterocycles. The second-order valence-corrected chi connectivity index (χ2v) is 8.05. The summed E-state index contributed by atoms with van der Waals surface area (Å²) in [6, 6.07) is 20.8. The number of carbonyl (C=O) groups is 2. The van der Waals surface area contributed by atoms with Crippen LogP contribution in [0.5, 0.6) is 0 Å². The molecule has 166 valence electrons. The van der Waals surface area contributed by atoms with E-state index in [0.717, 1.165) is 16.7 Å². The van der Waals surface area contributed by atoms with Crippen molar-refractivity contribution in [1.82, 2.24) is 10.2 Å². The van der Waals surface area contributed by atoms with Gasteiger partial charge in [-0.3, -0.25) is 9.59 Å². The van der Waals surface area contributed by atoms with Crippen molar-refractivity contribution in [2.75, 3.05) is 7.05 Å². The zero-order valence-electron chi connectivity index (χ0n) is 18.1. The minimum absolute atomic E-state index is 0.129. The van der Waals surface area contributed by atoms with E-state index < -0.39 is 11.9 Å². The van der Waals surface area contributed by atoms with E-state index in [-0.39, 0.29) is 35.4 Å². The Balaban J connectivity index is 1.99. The number of likely N-dealkylation sites (N-methyl/N-ethyl adjacent to an activating group) is 1. The first kappa shape index (κ1) is 23.5. The first-order valence-electron chi connectivity index (χ1n) is 10.4. The molecule has 3 aromatic rings. The lowest BCUT2D eigenvalue weighted by molar-refractivity contribution is -0.140. The van der Waals surface area contributed by atoms with Gasteiger partial charge in [0.25, 0.3) is 0 Å². The second-order valence-electron chi connectivity index (χ2n) is 7.64. The molecular weight excluding hydrogens is 427 g/mol. The van der Waals surface area contributed by atoms with E-state index >= 15 is 0 Å². The molecule has 0 aliphatic rings. The van der Waals surface area contributed by atoms with Crippen LogP contribution in [0.1, 0.15) is 22.3 Å². The van der Waals surface area contributed by atoms with Crippen LogP contribution < -0.4 is 5.32 Å². The predicted octanol–water partition coefficient (Wildman–Crippen LogP) is 4.72. The van der Waals surface area contributed by atoms with Gasteiger partial charge in [0.05, 0.1) is 6.42 Å². The van der Waals surface area contributed by atoms with Gasteiger partial charge in [-0.05, 0) is 35.7 Å². The number of halogens is 2. The molecule has 3 rings (SSSR count). The number of hydrogen-bond donors (Lipinski definition) is 1. The Morgan fingerprint density at radius 2 is 1.69 bits per heavy atom. The van der Waals surface area contributed by atoms with Crippen molar-refractivity contribution < 1.29 is 14.0 Å². The molecule has 3 aromatic carbocycles. The van der Waals surface area contributed by atoms with Crippen molar-refractivity contribution >= 4 is 23.4 Å². The third-order valence-corrected chi connectivity index (χ3v) is 5.86. The molecule has 0 radical (unpaired) electrons. The topological polar surface area (TPSA) is 49.4 Å². The van der Waals surface area contributed by atoms with Crippen LogP contribution in [0.25, 0.3) is 0 Å². The number of benzene rings is 3. The summed E-state index contributed by atoms with van der Waals surface area (Å²) < 4.78 is 14.4. The highest BCUT2D eigenvalue weighted by molar-refractivity contribution is 6.31.